The summed E-state index contributed by atoms with van der Waals surface area (Å²) in [4.78, 5) is 22.7. The highest BCUT2D eigenvalue weighted by Crippen LogP contribution is 2.13. The molecular weight excluding hydrogens is 360 g/mol. The molecule has 0 N–H and O–H groups in total. The van der Waals surface area contributed by atoms with Crippen LogP contribution in [-0.4, -0.2) is 31.4 Å². The molecule has 0 spiro atoms. The SMILES string of the molecule is Cc1nc2c(cnn2-c2ccccc2)c(=O)n1OCCCCBr. The molecule has 6 nitrogen and oxygen atoms in total. The third kappa shape index (κ3) is 3.14. The van der Waals surface area contributed by atoms with E-state index in [4.69, 9.17) is 4.84 Å². The quantitative estimate of drug-likeness (QED) is 0.489. The fraction of sp³-hybridized carbons (Fsp3) is 0.312. The number of hydrogen-bond donors (Lipinski definition) is 0. The van der Waals surface area contributed by atoms with Crippen molar-refractivity contribution in [2.24, 2.45) is 0 Å². The predicted molar refractivity (Wildman–Crippen MR) is 92.3 cm³/mol. The normalized spacial score (nSPS) is 11.0. The monoisotopic (exact) mass is 376 g/mol. The Kier molecular flexibility index (Phi) is 4.76. The standard InChI is InChI=1S/C16H17BrN4O2/c1-12-19-15-14(16(22)21(12)23-10-6-5-9-17)11-18-20(15)13-7-3-2-4-8-13/h2-4,7-8,11H,5-6,9-10H2,1H3. The molecule has 120 valence electrons. The number of hydrogen-bond acceptors (Lipinski definition) is 4. The highest BCUT2D eigenvalue weighted by Gasteiger charge is 2.14. The molecule has 0 amide bonds. The Hall–Kier alpha value is -2.15. The van der Waals surface area contributed by atoms with Crippen LogP contribution in [0.25, 0.3) is 16.7 Å². The maximum Gasteiger partial charge on any atom is 0.297 e. The van der Waals surface area contributed by atoms with Crippen molar-refractivity contribution in [2.45, 2.75) is 19.8 Å². The van der Waals surface area contributed by atoms with Gasteiger partial charge >= 0.3 is 0 Å². The summed E-state index contributed by atoms with van der Waals surface area (Å²) in [6, 6.07) is 9.62. The van der Waals surface area contributed by atoms with Crippen LogP contribution in [0.15, 0.2) is 41.3 Å². The van der Waals surface area contributed by atoms with Gasteiger partial charge in [0.2, 0.25) is 0 Å². The third-order valence-electron chi connectivity index (χ3n) is 3.47. The number of nitrogens with zero attached hydrogens (tertiary/aromatic N) is 4. The Bertz CT molecular complexity index is 858. The first kappa shape index (κ1) is 15.7. The number of alkyl halides is 1. The van der Waals surface area contributed by atoms with Gasteiger partial charge in [-0.15, -0.1) is 4.73 Å². The first-order chi connectivity index (χ1) is 11.2. The van der Waals surface area contributed by atoms with Gasteiger partial charge in [0, 0.05) is 5.33 Å². The summed E-state index contributed by atoms with van der Waals surface area (Å²) in [6.07, 6.45) is 3.41. The van der Waals surface area contributed by atoms with E-state index in [-0.39, 0.29) is 5.56 Å². The number of halogens is 1. The predicted octanol–water partition coefficient (Wildman–Crippen LogP) is 2.49. The molecule has 0 aliphatic carbocycles. The molecule has 1 aromatic carbocycles. The molecule has 0 saturated heterocycles. The summed E-state index contributed by atoms with van der Waals surface area (Å²) in [5, 5.41) is 5.66. The zero-order valence-electron chi connectivity index (χ0n) is 12.8. The highest BCUT2D eigenvalue weighted by atomic mass is 79.9. The summed E-state index contributed by atoms with van der Waals surface area (Å²) in [5.41, 5.74) is 1.18. The topological polar surface area (TPSA) is 61.9 Å². The van der Waals surface area contributed by atoms with Gasteiger partial charge in [-0.3, -0.25) is 4.79 Å². The van der Waals surface area contributed by atoms with E-state index in [0.717, 1.165) is 23.9 Å². The van der Waals surface area contributed by atoms with Gasteiger partial charge < -0.3 is 4.84 Å². The molecule has 0 fully saturated rings. The third-order valence-corrected chi connectivity index (χ3v) is 4.03. The average Bonchev–Trinajstić information content (AvgIpc) is 2.98. The van der Waals surface area contributed by atoms with Gasteiger partial charge in [0.25, 0.3) is 5.56 Å². The maximum absolute atomic E-state index is 12.6. The Morgan fingerprint density at radius 3 is 2.74 bits per heavy atom. The zero-order chi connectivity index (χ0) is 16.2. The van der Waals surface area contributed by atoms with Crippen molar-refractivity contribution in [3.05, 3.63) is 52.7 Å². The lowest BCUT2D eigenvalue weighted by Gasteiger charge is -2.11. The second-order valence-electron chi connectivity index (χ2n) is 5.12. The number of rotatable bonds is 6. The van der Waals surface area contributed by atoms with Gasteiger partial charge in [-0.05, 0) is 31.9 Å². The minimum absolute atomic E-state index is 0.228. The fourth-order valence-corrected chi connectivity index (χ4v) is 2.71. The van der Waals surface area contributed by atoms with Crippen molar-refractivity contribution in [3.8, 4) is 5.69 Å². The summed E-state index contributed by atoms with van der Waals surface area (Å²) >= 11 is 3.37. The molecule has 23 heavy (non-hydrogen) atoms. The van der Waals surface area contributed by atoms with E-state index >= 15 is 0 Å². The highest BCUT2D eigenvalue weighted by molar-refractivity contribution is 9.09. The molecule has 0 atom stereocenters. The van der Waals surface area contributed by atoms with Crippen LogP contribution in [0.3, 0.4) is 0 Å². The smallest absolute Gasteiger partial charge is 0.297 e. The Balaban J connectivity index is 1.99. The molecule has 0 saturated carbocycles. The van der Waals surface area contributed by atoms with Gasteiger partial charge in [0.15, 0.2) is 5.65 Å². The van der Waals surface area contributed by atoms with Crippen LogP contribution >= 0.6 is 15.9 Å². The molecule has 0 aliphatic heterocycles. The Morgan fingerprint density at radius 1 is 1.22 bits per heavy atom. The number of benzene rings is 1. The molecule has 7 heteroatoms. The van der Waals surface area contributed by atoms with Gasteiger partial charge in [-0.1, -0.05) is 34.1 Å². The van der Waals surface area contributed by atoms with E-state index in [0.29, 0.717) is 23.5 Å². The van der Waals surface area contributed by atoms with Gasteiger partial charge in [0.1, 0.15) is 17.8 Å². The van der Waals surface area contributed by atoms with Gasteiger partial charge in [-0.25, -0.2) is 9.67 Å². The van der Waals surface area contributed by atoms with Crippen LogP contribution in [0.5, 0.6) is 0 Å². The summed E-state index contributed by atoms with van der Waals surface area (Å²) in [7, 11) is 0. The lowest BCUT2D eigenvalue weighted by Crippen LogP contribution is -2.30. The molecule has 0 radical (unpaired) electrons. The summed E-state index contributed by atoms with van der Waals surface area (Å²) in [6.45, 7) is 2.24. The van der Waals surface area contributed by atoms with Gasteiger partial charge in [0.05, 0.1) is 11.9 Å². The van der Waals surface area contributed by atoms with E-state index < -0.39 is 0 Å². The lowest BCUT2D eigenvalue weighted by atomic mass is 10.3. The van der Waals surface area contributed by atoms with E-state index in [2.05, 4.69) is 26.0 Å². The molecule has 0 unspecified atom stereocenters. The minimum Gasteiger partial charge on any atom is -0.409 e. The van der Waals surface area contributed by atoms with Crippen molar-refractivity contribution in [1.82, 2.24) is 19.5 Å². The molecule has 2 heterocycles. The average molecular weight is 377 g/mol. The number of para-hydroxylation sites is 1. The number of aromatic nitrogens is 4. The van der Waals surface area contributed by atoms with Crippen molar-refractivity contribution in [2.75, 3.05) is 11.9 Å². The number of aryl methyl sites for hydroxylation is 1. The van der Waals surface area contributed by atoms with Crippen LogP contribution < -0.4 is 10.4 Å². The van der Waals surface area contributed by atoms with Crippen LogP contribution in [0, 0.1) is 6.92 Å². The van der Waals surface area contributed by atoms with Crippen molar-refractivity contribution < 1.29 is 4.84 Å². The number of fused-ring (bicyclic) bond motifs is 1. The number of unbranched alkanes of at least 4 members (excludes halogenated alkanes) is 1. The second kappa shape index (κ2) is 6.95. The largest absolute Gasteiger partial charge is 0.409 e. The van der Waals surface area contributed by atoms with Crippen molar-refractivity contribution in [3.63, 3.8) is 0 Å². The molecule has 2 aromatic heterocycles. The van der Waals surface area contributed by atoms with E-state index in [1.807, 2.05) is 30.3 Å². The van der Waals surface area contributed by atoms with Crippen LogP contribution in [0.4, 0.5) is 0 Å². The van der Waals surface area contributed by atoms with Crippen molar-refractivity contribution >= 4 is 27.0 Å². The Labute approximate surface area is 141 Å². The first-order valence-corrected chi connectivity index (χ1v) is 8.56. The van der Waals surface area contributed by atoms with E-state index in [1.165, 1.54) is 10.9 Å². The van der Waals surface area contributed by atoms with Gasteiger partial charge in [-0.2, -0.15) is 5.10 Å². The van der Waals surface area contributed by atoms with E-state index in [1.54, 1.807) is 11.6 Å². The van der Waals surface area contributed by atoms with Crippen molar-refractivity contribution in [1.29, 1.82) is 0 Å². The van der Waals surface area contributed by atoms with Crippen LogP contribution in [0.1, 0.15) is 18.7 Å². The van der Waals surface area contributed by atoms with Crippen LogP contribution in [0.2, 0.25) is 0 Å². The molecule has 3 rings (SSSR count). The fourth-order valence-electron chi connectivity index (χ4n) is 2.32. The first-order valence-electron chi connectivity index (χ1n) is 7.44. The molecule has 3 aromatic rings. The summed E-state index contributed by atoms with van der Waals surface area (Å²) in [5.74, 6) is 0.513. The maximum atomic E-state index is 12.6. The minimum atomic E-state index is -0.228. The zero-order valence-corrected chi connectivity index (χ0v) is 14.4. The second-order valence-corrected chi connectivity index (χ2v) is 5.91. The molecule has 0 bridgehead atoms. The lowest BCUT2D eigenvalue weighted by molar-refractivity contribution is 0.0934. The Morgan fingerprint density at radius 2 is 2.00 bits per heavy atom. The molecule has 0 aliphatic rings. The molecular formula is C16H17BrN4O2. The van der Waals surface area contributed by atoms with Crippen LogP contribution in [-0.2, 0) is 0 Å². The van der Waals surface area contributed by atoms with E-state index in [9.17, 15) is 4.79 Å². The summed E-state index contributed by atoms with van der Waals surface area (Å²) < 4.78 is 2.92.